The molecule has 0 saturated heterocycles. The van der Waals surface area contributed by atoms with E-state index in [1.165, 1.54) is 4.90 Å². The first kappa shape index (κ1) is 13.4. The molecule has 2 N–H and O–H groups in total. The van der Waals surface area contributed by atoms with Gasteiger partial charge in [0.2, 0.25) is 0 Å². The fraction of sp³-hybridized carbons (Fsp3) is 0.500. The molecule has 1 rings (SSSR count). The van der Waals surface area contributed by atoms with E-state index in [1.54, 1.807) is 32.3 Å². The van der Waals surface area contributed by atoms with E-state index >= 15 is 0 Å². The average molecular weight is 237 g/mol. The molecule has 17 heavy (non-hydrogen) atoms. The highest BCUT2D eigenvalue weighted by Crippen LogP contribution is 2.14. The van der Waals surface area contributed by atoms with Crippen LogP contribution in [0.15, 0.2) is 18.3 Å². The predicted octanol–water partition coefficient (Wildman–Crippen LogP) is 0.966. The Morgan fingerprint density at radius 3 is 2.94 bits per heavy atom. The lowest BCUT2D eigenvalue weighted by Crippen LogP contribution is -2.37. The minimum atomic E-state index is -0.211. The number of hydrogen-bond acceptors (Lipinski definition) is 4. The number of aromatic nitrogens is 1. The normalized spacial score (nSPS) is 12.0. The lowest BCUT2D eigenvalue weighted by molar-refractivity contribution is 0.0683. The number of anilines is 1. The first-order chi connectivity index (χ1) is 8.11. The van der Waals surface area contributed by atoms with Crippen LogP contribution in [0.5, 0.6) is 0 Å². The molecule has 5 heteroatoms. The van der Waals surface area contributed by atoms with Gasteiger partial charge in [0.05, 0.1) is 18.2 Å². The molecule has 1 aromatic rings. The van der Waals surface area contributed by atoms with E-state index < -0.39 is 0 Å². The molecule has 0 fully saturated rings. The van der Waals surface area contributed by atoms with Gasteiger partial charge in [-0.05, 0) is 26.0 Å². The van der Waals surface area contributed by atoms with Crippen LogP contribution in [0.1, 0.15) is 24.2 Å². The van der Waals surface area contributed by atoms with Gasteiger partial charge in [-0.25, -0.2) is 4.98 Å². The molecular formula is C12H19N3O2. The number of nitrogens with zero attached hydrogens (tertiary/aromatic N) is 2. The van der Waals surface area contributed by atoms with Gasteiger partial charge in [0, 0.05) is 19.8 Å². The number of pyridine rings is 1. The minimum Gasteiger partial charge on any atom is -0.394 e. The maximum absolute atomic E-state index is 12.2. The van der Waals surface area contributed by atoms with Crippen LogP contribution < -0.4 is 5.32 Å². The van der Waals surface area contributed by atoms with E-state index in [2.05, 4.69) is 10.3 Å². The van der Waals surface area contributed by atoms with E-state index in [0.29, 0.717) is 17.9 Å². The molecular weight excluding hydrogens is 218 g/mol. The summed E-state index contributed by atoms with van der Waals surface area (Å²) in [6.07, 6.45) is 1.64. The zero-order chi connectivity index (χ0) is 12.8. The number of aliphatic hydroxyl groups is 1. The Hall–Kier alpha value is -1.62. The molecule has 0 aliphatic heterocycles. The molecule has 1 heterocycles. The van der Waals surface area contributed by atoms with E-state index in [0.717, 1.165) is 0 Å². The molecule has 94 valence electrons. The number of nitrogens with one attached hydrogen (secondary N) is 1. The van der Waals surface area contributed by atoms with Crippen LogP contribution in [0.4, 0.5) is 5.82 Å². The molecule has 0 bridgehead atoms. The van der Waals surface area contributed by atoms with E-state index in [1.807, 2.05) is 6.92 Å². The van der Waals surface area contributed by atoms with Gasteiger partial charge in [0.25, 0.3) is 5.91 Å². The van der Waals surface area contributed by atoms with Crippen LogP contribution in [-0.2, 0) is 0 Å². The minimum absolute atomic E-state index is 0.0565. The molecule has 5 nitrogen and oxygen atoms in total. The van der Waals surface area contributed by atoms with Crippen molar-refractivity contribution in [1.82, 2.24) is 9.88 Å². The summed E-state index contributed by atoms with van der Waals surface area (Å²) < 4.78 is 0. The number of hydrogen-bond donors (Lipinski definition) is 2. The lowest BCUT2D eigenvalue weighted by atomic mass is 10.2. The molecule has 0 aliphatic carbocycles. The van der Waals surface area contributed by atoms with Crippen molar-refractivity contribution in [3.63, 3.8) is 0 Å². The SMILES string of the molecule is CCNc1ncccc1C(=O)N(C)C(C)CO. The van der Waals surface area contributed by atoms with Crippen molar-refractivity contribution in [3.05, 3.63) is 23.9 Å². The molecule has 0 radical (unpaired) electrons. The zero-order valence-corrected chi connectivity index (χ0v) is 10.5. The van der Waals surface area contributed by atoms with Gasteiger partial charge in [-0.2, -0.15) is 0 Å². The van der Waals surface area contributed by atoms with Crippen molar-refractivity contribution in [2.75, 3.05) is 25.5 Å². The summed E-state index contributed by atoms with van der Waals surface area (Å²) in [5.74, 6) is 0.438. The van der Waals surface area contributed by atoms with E-state index in [-0.39, 0.29) is 18.6 Å². The highest BCUT2D eigenvalue weighted by molar-refractivity contribution is 5.98. The Bertz CT molecular complexity index is 382. The van der Waals surface area contributed by atoms with E-state index in [4.69, 9.17) is 5.11 Å². The molecule has 1 atom stereocenters. The first-order valence-corrected chi connectivity index (χ1v) is 5.68. The third-order valence-electron chi connectivity index (χ3n) is 2.63. The van der Waals surface area contributed by atoms with Gasteiger partial charge < -0.3 is 15.3 Å². The smallest absolute Gasteiger partial charge is 0.257 e. The number of amides is 1. The molecule has 0 aliphatic rings. The molecule has 0 saturated carbocycles. The van der Waals surface area contributed by atoms with Crippen molar-refractivity contribution in [3.8, 4) is 0 Å². The van der Waals surface area contributed by atoms with E-state index in [9.17, 15) is 4.79 Å². The Balaban J connectivity index is 2.95. The second-order valence-corrected chi connectivity index (χ2v) is 3.88. The van der Waals surface area contributed by atoms with Crippen molar-refractivity contribution in [2.24, 2.45) is 0 Å². The van der Waals surface area contributed by atoms with Crippen LogP contribution >= 0.6 is 0 Å². The highest BCUT2D eigenvalue weighted by Gasteiger charge is 2.19. The summed E-state index contributed by atoms with van der Waals surface area (Å²) in [5, 5.41) is 12.1. The van der Waals surface area contributed by atoms with Crippen LogP contribution in [0.2, 0.25) is 0 Å². The summed E-state index contributed by atoms with van der Waals surface area (Å²) in [7, 11) is 1.67. The van der Waals surface area contributed by atoms with Gasteiger partial charge in [-0.15, -0.1) is 0 Å². The molecule has 1 unspecified atom stereocenters. The van der Waals surface area contributed by atoms with Gasteiger partial charge in [-0.3, -0.25) is 4.79 Å². The molecule has 0 aromatic carbocycles. The highest BCUT2D eigenvalue weighted by atomic mass is 16.3. The number of rotatable bonds is 5. The second-order valence-electron chi connectivity index (χ2n) is 3.88. The third kappa shape index (κ3) is 3.17. The van der Waals surface area contributed by atoms with Gasteiger partial charge in [0.1, 0.15) is 5.82 Å². The topological polar surface area (TPSA) is 65.5 Å². The first-order valence-electron chi connectivity index (χ1n) is 5.68. The second kappa shape index (κ2) is 6.20. The summed E-state index contributed by atoms with van der Waals surface area (Å²) in [6.45, 7) is 4.39. The van der Waals surface area contributed by atoms with Gasteiger partial charge in [-0.1, -0.05) is 0 Å². The lowest BCUT2D eigenvalue weighted by Gasteiger charge is -2.24. The fourth-order valence-electron chi connectivity index (χ4n) is 1.40. The molecule has 0 spiro atoms. The van der Waals surface area contributed by atoms with Gasteiger partial charge >= 0.3 is 0 Å². The fourth-order valence-corrected chi connectivity index (χ4v) is 1.40. The van der Waals surface area contributed by atoms with Crippen molar-refractivity contribution in [1.29, 1.82) is 0 Å². The van der Waals surface area contributed by atoms with Crippen LogP contribution in [-0.4, -0.2) is 47.1 Å². The Labute approximate surface area is 101 Å². The predicted molar refractivity (Wildman–Crippen MR) is 67.0 cm³/mol. The average Bonchev–Trinajstić information content (AvgIpc) is 2.37. The quantitative estimate of drug-likeness (QED) is 0.800. The summed E-state index contributed by atoms with van der Waals surface area (Å²) in [5.41, 5.74) is 0.525. The monoisotopic (exact) mass is 237 g/mol. The van der Waals surface area contributed by atoms with Crippen molar-refractivity contribution in [2.45, 2.75) is 19.9 Å². The van der Waals surface area contributed by atoms with Crippen molar-refractivity contribution < 1.29 is 9.90 Å². The Morgan fingerprint density at radius 1 is 1.65 bits per heavy atom. The maximum Gasteiger partial charge on any atom is 0.257 e. The number of carbonyl (C=O) groups excluding carboxylic acids is 1. The Kier molecular flexibility index (Phi) is 4.90. The van der Waals surface area contributed by atoms with Gasteiger partial charge in [0.15, 0.2) is 0 Å². The number of aliphatic hydroxyl groups excluding tert-OH is 1. The summed E-state index contributed by atoms with van der Waals surface area (Å²) in [4.78, 5) is 17.8. The largest absolute Gasteiger partial charge is 0.394 e. The third-order valence-corrected chi connectivity index (χ3v) is 2.63. The summed E-state index contributed by atoms with van der Waals surface area (Å²) >= 11 is 0. The van der Waals surface area contributed by atoms with Crippen LogP contribution in [0.3, 0.4) is 0 Å². The Morgan fingerprint density at radius 2 is 2.35 bits per heavy atom. The van der Waals surface area contributed by atoms with Crippen molar-refractivity contribution >= 4 is 11.7 Å². The molecule has 1 amide bonds. The molecule has 1 aromatic heterocycles. The zero-order valence-electron chi connectivity index (χ0n) is 10.5. The number of likely N-dealkylation sites (N-methyl/N-ethyl adjacent to an activating group) is 1. The number of carbonyl (C=O) groups is 1. The maximum atomic E-state index is 12.2. The van der Waals surface area contributed by atoms with Crippen LogP contribution in [0, 0.1) is 0 Å². The standard InChI is InChI=1S/C12H19N3O2/c1-4-13-11-10(6-5-7-14-11)12(17)15(3)9(2)8-16/h5-7,9,16H,4,8H2,1-3H3,(H,13,14). The van der Waals surface area contributed by atoms with Crippen LogP contribution in [0.25, 0.3) is 0 Å². The summed E-state index contributed by atoms with van der Waals surface area (Å²) in [6, 6.07) is 3.25.